The molecule has 1 radical (unpaired) electrons. The number of rotatable bonds is 0. The quantitative estimate of drug-likeness (QED) is 0.474. The van der Waals surface area contributed by atoms with Gasteiger partial charge in [-0.3, -0.25) is 4.70 Å². The van der Waals surface area contributed by atoms with Crippen molar-refractivity contribution in [2.75, 3.05) is 0 Å². The molecule has 0 saturated carbocycles. The molecular weight excluding hydrogens is 187 g/mol. The molecule has 0 atom stereocenters. The Labute approximate surface area is 62.6 Å². The molecule has 0 nitrogen and oxygen atoms in total. The van der Waals surface area contributed by atoms with Gasteiger partial charge in [-0.15, -0.1) is 0 Å². The summed E-state index contributed by atoms with van der Waals surface area (Å²) in [7, 11) is 0. The Kier molecular flexibility index (Phi) is 223. The van der Waals surface area contributed by atoms with E-state index in [1.165, 1.54) is 0 Å². The zero-order valence-corrected chi connectivity index (χ0v) is 7.70. The van der Waals surface area contributed by atoms with Gasteiger partial charge in [0.2, 0.25) is 0 Å². The molecule has 4 heteroatoms. The zero-order chi connectivity index (χ0) is 0. The Bertz CT molecular complexity index is 8.00. The largest absolute Gasteiger partial charge is 0.269 e. The second-order valence-corrected chi connectivity index (χ2v) is 0. The molecule has 0 aliphatic heterocycles. The Morgan fingerprint density at radius 2 is 1.00 bits per heavy atom. The van der Waals surface area contributed by atoms with Crippen LogP contribution in [0.4, 0.5) is 4.70 Å². The molecule has 0 heterocycles. The summed E-state index contributed by atoms with van der Waals surface area (Å²) in [6, 6.07) is 0. The maximum atomic E-state index is 0. The second kappa shape index (κ2) is 21.5. The van der Waals surface area contributed by atoms with Crippen LogP contribution in [0.2, 0.25) is 0 Å². The van der Waals surface area contributed by atoms with Crippen molar-refractivity contribution in [2.45, 2.75) is 0 Å². The minimum atomic E-state index is 0. The van der Waals surface area contributed by atoms with E-state index in [9.17, 15) is 0 Å². The molecule has 0 aromatic rings. The molecule has 0 bridgehead atoms. The standard InChI is InChI=1S/FH.Mn.Ti.Zn/h1H;;;. The van der Waals surface area contributed by atoms with Crippen molar-refractivity contribution >= 4 is 0 Å². The van der Waals surface area contributed by atoms with Gasteiger partial charge in [-0.2, -0.15) is 0 Å². The molecule has 0 amide bonds. The predicted octanol–water partition coefficient (Wildman–Crippen LogP) is 0.145. The summed E-state index contributed by atoms with van der Waals surface area (Å²) >= 11 is 0. The van der Waals surface area contributed by atoms with Crippen molar-refractivity contribution in [3.8, 4) is 0 Å². The summed E-state index contributed by atoms with van der Waals surface area (Å²) in [4.78, 5) is 0. The van der Waals surface area contributed by atoms with E-state index in [0.29, 0.717) is 0 Å². The minimum absolute atomic E-state index is 0. The van der Waals surface area contributed by atoms with Gasteiger partial charge in [-0.1, -0.05) is 0 Å². The fraction of sp³-hybridized carbons (Fsp3) is 0. The Morgan fingerprint density at radius 1 is 1.00 bits per heavy atom. The molecule has 0 saturated heterocycles. The molecule has 0 rings (SSSR count). The van der Waals surface area contributed by atoms with E-state index in [-0.39, 0.29) is 63.0 Å². The van der Waals surface area contributed by atoms with Crippen molar-refractivity contribution in [1.29, 1.82) is 0 Å². The van der Waals surface area contributed by atoms with E-state index in [2.05, 4.69) is 0 Å². The van der Waals surface area contributed by atoms with Gasteiger partial charge in [-0.25, -0.2) is 0 Å². The van der Waals surface area contributed by atoms with E-state index >= 15 is 0 Å². The van der Waals surface area contributed by atoms with Gasteiger partial charge in [0.05, 0.1) is 0 Å². The average Bonchev–Trinajstić information content (AvgIpc) is 0. The van der Waals surface area contributed by atoms with E-state index in [0.717, 1.165) is 0 Å². The number of halogens is 1. The molecule has 0 spiro atoms. The first-order valence-corrected chi connectivity index (χ1v) is 0. The normalized spacial score (nSPS) is 0. The summed E-state index contributed by atoms with van der Waals surface area (Å²) < 4.78 is 0. The molecule has 0 aromatic heterocycles. The number of hydrogen-bond donors (Lipinski definition) is 0. The first-order valence-electron chi connectivity index (χ1n) is 0. The van der Waals surface area contributed by atoms with E-state index in [1.54, 1.807) is 0 Å². The SMILES string of the molecule is F.[Mn].[Ti].[Zn]. The molecular formula is HFMnTiZn. The third kappa shape index (κ3) is 9.21. The van der Waals surface area contributed by atoms with Crippen molar-refractivity contribution in [3.05, 3.63) is 0 Å². The van der Waals surface area contributed by atoms with Gasteiger partial charge >= 0.3 is 0 Å². The van der Waals surface area contributed by atoms with Crippen LogP contribution in [-0.2, 0) is 58.3 Å². The van der Waals surface area contributed by atoms with Gasteiger partial charge in [0.15, 0.2) is 0 Å². The van der Waals surface area contributed by atoms with Crippen LogP contribution in [0.25, 0.3) is 0 Å². The topological polar surface area (TPSA) is 0 Å². The van der Waals surface area contributed by atoms with Crippen LogP contribution in [0.1, 0.15) is 0 Å². The minimum Gasteiger partial charge on any atom is -0.269 e. The fourth-order valence-electron chi connectivity index (χ4n) is 0. The Hall–Kier alpha value is 1.79. The van der Waals surface area contributed by atoms with Crippen LogP contribution >= 0.6 is 0 Å². The van der Waals surface area contributed by atoms with Crippen LogP contribution in [0.15, 0.2) is 0 Å². The first-order chi connectivity index (χ1) is 0. The first kappa shape index (κ1) is 41.5. The summed E-state index contributed by atoms with van der Waals surface area (Å²) in [6.07, 6.45) is 0. The molecule has 0 N–H and O–H groups in total. The molecule has 0 aliphatic carbocycles. The third-order valence-electron chi connectivity index (χ3n) is 0. The summed E-state index contributed by atoms with van der Waals surface area (Å²) in [6.45, 7) is 0. The molecule has 0 fully saturated rings. The molecule has 0 aromatic carbocycles. The van der Waals surface area contributed by atoms with E-state index in [1.807, 2.05) is 0 Å². The molecule has 4 heavy (non-hydrogen) atoms. The van der Waals surface area contributed by atoms with Crippen molar-refractivity contribution in [3.63, 3.8) is 0 Å². The van der Waals surface area contributed by atoms with Gasteiger partial charge in [0.1, 0.15) is 0 Å². The fourth-order valence-corrected chi connectivity index (χ4v) is 0. The molecule has 0 aliphatic rings. The molecule has 0 unspecified atom stereocenters. The maximum absolute atomic E-state index is 0. The monoisotopic (exact) mass is 187 g/mol. The van der Waals surface area contributed by atoms with Crippen LogP contribution in [-0.4, -0.2) is 0 Å². The average molecular weight is 188 g/mol. The third-order valence-corrected chi connectivity index (χ3v) is 0. The zero-order valence-electron chi connectivity index (χ0n) is 1.99. The maximum Gasteiger partial charge on any atom is 0 e. The van der Waals surface area contributed by atoms with Crippen LogP contribution in [0.5, 0.6) is 0 Å². The Morgan fingerprint density at radius 3 is 1.00 bits per heavy atom. The Balaban J connectivity index is 0. The van der Waals surface area contributed by atoms with Crippen molar-refractivity contribution in [1.82, 2.24) is 0 Å². The van der Waals surface area contributed by atoms with Crippen molar-refractivity contribution < 1.29 is 63.0 Å². The van der Waals surface area contributed by atoms with E-state index < -0.39 is 0 Å². The summed E-state index contributed by atoms with van der Waals surface area (Å²) in [5, 5.41) is 0. The predicted molar refractivity (Wildman–Crippen MR) is 2.50 cm³/mol. The van der Waals surface area contributed by atoms with Crippen LogP contribution in [0.3, 0.4) is 0 Å². The van der Waals surface area contributed by atoms with Crippen molar-refractivity contribution in [2.24, 2.45) is 0 Å². The summed E-state index contributed by atoms with van der Waals surface area (Å²) in [5.74, 6) is 0. The summed E-state index contributed by atoms with van der Waals surface area (Å²) in [5.41, 5.74) is 0. The second-order valence-electron chi connectivity index (χ2n) is 0. The number of hydrogen-bond acceptors (Lipinski definition) is 0. The van der Waals surface area contributed by atoms with E-state index in [4.69, 9.17) is 0 Å². The van der Waals surface area contributed by atoms with Gasteiger partial charge in [0.25, 0.3) is 0 Å². The van der Waals surface area contributed by atoms with Crippen LogP contribution < -0.4 is 0 Å². The van der Waals surface area contributed by atoms with Gasteiger partial charge < -0.3 is 0 Å². The van der Waals surface area contributed by atoms with Gasteiger partial charge in [0, 0.05) is 58.3 Å². The smallest absolute Gasteiger partial charge is 0 e. The van der Waals surface area contributed by atoms with Crippen LogP contribution in [0, 0.1) is 0 Å². The van der Waals surface area contributed by atoms with Gasteiger partial charge in [-0.05, 0) is 0 Å². The molecule has 21 valence electrons.